The van der Waals surface area contributed by atoms with Gasteiger partial charge in [0.2, 0.25) is 11.8 Å². The molecule has 2 aliphatic carbocycles. The second kappa shape index (κ2) is 9.91. The Morgan fingerprint density at radius 1 is 1.03 bits per heavy atom. The lowest BCUT2D eigenvalue weighted by Gasteiger charge is -2.28. The van der Waals surface area contributed by atoms with Crippen molar-refractivity contribution in [1.29, 1.82) is 0 Å². The largest absolute Gasteiger partial charge is 0.457 e. The highest BCUT2D eigenvalue weighted by atomic mass is 19.1. The van der Waals surface area contributed by atoms with E-state index in [1.54, 1.807) is 0 Å². The Kier molecular flexibility index (Phi) is 6.98. The van der Waals surface area contributed by atoms with Crippen LogP contribution in [0.4, 0.5) is 4.39 Å². The predicted molar refractivity (Wildman–Crippen MR) is 122 cm³/mol. The Balaban J connectivity index is 1.28. The Morgan fingerprint density at radius 2 is 1.79 bits per heavy atom. The number of fused-ring (bicyclic) bond motifs is 2. The van der Waals surface area contributed by atoms with Crippen LogP contribution in [-0.4, -0.2) is 24.0 Å². The zero-order chi connectivity index (χ0) is 23.3. The fourth-order valence-electron chi connectivity index (χ4n) is 5.33. The van der Waals surface area contributed by atoms with Crippen LogP contribution in [-0.2, 0) is 20.9 Å². The molecule has 3 N–H and O–H groups in total. The van der Waals surface area contributed by atoms with E-state index < -0.39 is 5.91 Å². The smallest absolute Gasteiger partial charge is 0.236 e. The second-order valence-electron chi connectivity index (χ2n) is 9.46. The van der Waals surface area contributed by atoms with Crippen LogP contribution in [0.15, 0.2) is 48.5 Å². The van der Waals surface area contributed by atoms with Crippen molar-refractivity contribution in [3.05, 3.63) is 59.9 Å². The first kappa shape index (κ1) is 23.2. The number of benzene rings is 2. The zero-order valence-electron chi connectivity index (χ0n) is 18.8. The Labute approximate surface area is 193 Å². The van der Waals surface area contributed by atoms with Crippen LogP contribution in [0.3, 0.4) is 0 Å². The fraction of sp³-hybridized carbons (Fsp3) is 0.462. The quantitative estimate of drug-likeness (QED) is 0.519. The Bertz CT molecular complexity index is 987. The summed E-state index contributed by atoms with van der Waals surface area (Å²) < 4.78 is 26.4. The average Bonchev–Trinajstić information content (AvgIpc) is 3.33. The number of hydrogen-bond donors (Lipinski definition) is 2. The number of carbonyl (C=O) groups is 2. The number of primary amides is 1. The van der Waals surface area contributed by atoms with E-state index in [2.05, 4.69) is 5.32 Å². The first-order valence-corrected chi connectivity index (χ1v) is 11.6. The summed E-state index contributed by atoms with van der Waals surface area (Å²) in [6.45, 7) is 0.230. The highest BCUT2D eigenvalue weighted by Crippen LogP contribution is 2.60. The van der Waals surface area contributed by atoms with Crippen LogP contribution in [0.5, 0.6) is 11.5 Å². The van der Waals surface area contributed by atoms with E-state index in [9.17, 15) is 14.0 Å². The molecule has 4 rings (SSSR count). The molecule has 0 aromatic heterocycles. The number of ether oxygens (including phenoxy) is 2. The first-order chi connectivity index (χ1) is 15.9. The summed E-state index contributed by atoms with van der Waals surface area (Å²) in [6.07, 6.45) is 7.28. The van der Waals surface area contributed by atoms with Crippen LogP contribution < -0.4 is 15.8 Å². The molecular weight excluding hydrogens is 423 g/mol. The van der Waals surface area contributed by atoms with Gasteiger partial charge in [0.15, 0.2) is 0 Å². The highest BCUT2D eigenvalue weighted by molar-refractivity contribution is 5.83. The molecule has 7 heteroatoms. The summed E-state index contributed by atoms with van der Waals surface area (Å²) in [5, 5.41) is 2.54. The summed E-state index contributed by atoms with van der Waals surface area (Å²) >= 11 is 0. The molecule has 33 heavy (non-hydrogen) atoms. The molecule has 2 aromatic carbocycles. The van der Waals surface area contributed by atoms with Crippen molar-refractivity contribution in [2.24, 2.45) is 11.1 Å². The molecule has 0 atom stereocenters. The third kappa shape index (κ3) is 6.11. The third-order valence-electron chi connectivity index (χ3n) is 6.94. The van der Waals surface area contributed by atoms with Gasteiger partial charge in [-0.15, -0.1) is 0 Å². The first-order valence-electron chi connectivity index (χ1n) is 11.6. The van der Waals surface area contributed by atoms with Crippen molar-refractivity contribution in [1.82, 2.24) is 5.32 Å². The van der Waals surface area contributed by atoms with Gasteiger partial charge in [-0.2, -0.15) is 0 Å². The summed E-state index contributed by atoms with van der Waals surface area (Å²) in [5.74, 6) is 0.101. The van der Waals surface area contributed by atoms with E-state index >= 15 is 0 Å². The van der Waals surface area contributed by atoms with Crippen molar-refractivity contribution in [2.75, 3.05) is 6.54 Å². The van der Waals surface area contributed by atoms with E-state index in [0.717, 1.165) is 50.5 Å². The summed E-state index contributed by atoms with van der Waals surface area (Å²) in [4.78, 5) is 22.6. The normalized spacial score (nSPS) is 23.4. The molecule has 2 amide bonds. The Hall–Kier alpha value is -2.93. The minimum atomic E-state index is -0.535. The summed E-state index contributed by atoms with van der Waals surface area (Å²) in [5.41, 5.74) is 5.86. The van der Waals surface area contributed by atoms with Gasteiger partial charge in [0.05, 0.1) is 18.8 Å². The third-order valence-corrected chi connectivity index (χ3v) is 6.94. The molecule has 0 radical (unpaired) electrons. The van der Waals surface area contributed by atoms with Crippen LogP contribution in [0.2, 0.25) is 0 Å². The zero-order valence-corrected chi connectivity index (χ0v) is 18.8. The van der Waals surface area contributed by atoms with Crippen molar-refractivity contribution >= 4 is 11.8 Å². The molecule has 0 heterocycles. The number of nitrogens with one attached hydrogen (secondary N) is 1. The van der Waals surface area contributed by atoms with Crippen LogP contribution >= 0.6 is 0 Å². The van der Waals surface area contributed by atoms with Gasteiger partial charge in [-0.3, -0.25) is 9.59 Å². The molecule has 0 saturated heterocycles. The maximum absolute atomic E-state index is 14.2. The lowest BCUT2D eigenvalue weighted by Crippen LogP contribution is -2.33. The van der Waals surface area contributed by atoms with Crippen LogP contribution in [0.1, 0.15) is 56.9 Å². The van der Waals surface area contributed by atoms with E-state index in [0.29, 0.717) is 24.5 Å². The maximum Gasteiger partial charge on any atom is 0.236 e. The molecular formula is C26H31FN2O4. The van der Waals surface area contributed by atoms with Gasteiger partial charge in [0.1, 0.15) is 17.3 Å². The van der Waals surface area contributed by atoms with Crippen molar-refractivity contribution in [3.63, 3.8) is 0 Å². The van der Waals surface area contributed by atoms with Gasteiger partial charge < -0.3 is 20.5 Å². The SMILES string of the molecule is NC(=O)CNC(=O)CCCC12CCC(OCc3cc(F)cc(Oc4ccccc4)c3)(CC1)C2. The molecule has 0 aliphatic heterocycles. The fourth-order valence-corrected chi connectivity index (χ4v) is 5.33. The molecule has 0 unspecified atom stereocenters. The van der Waals surface area contributed by atoms with Gasteiger partial charge in [-0.1, -0.05) is 18.2 Å². The maximum atomic E-state index is 14.2. The molecule has 2 fully saturated rings. The molecule has 2 bridgehead atoms. The van der Waals surface area contributed by atoms with Crippen LogP contribution in [0, 0.1) is 11.2 Å². The number of nitrogens with two attached hydrogens (primary N) is 1. The lowest BCUT2D eigenvalue weighted by atomic mass is 9.80. The van der Waals surface area contributed by atoms with Gasteiger partial charge >= 0.3 is 0 Å². The lowest BCUT2D eigenvalue weighted by molar-refractivity contribution is -0.124. The van der Waals surface area contributed by atoms with Crippen LogP contribution in [0.25, 0.3) is 0 Å². The standard InChI is InChI=1S/C26H31FN2O4/c27-20-13-19(14-22(15-20)33-21-5-2-1-3-6-21)17-32-26-11-9-25(18-26,10-12-26)8-4-7-24(31)29-16-23(28)30/h1-3,5-6,13-15H,4,7-12,16-18H2,(H2,28,30)(H,29,31). The van der Waals surface area contributed by atoms with Gasteiger partial charge in [-0.25, -0.2) is 4.39 Å². The van der Waals surface area contributed by atoms with Gasteiger partial charge in [0, 0.05) is 12.5 Å². The number of rotatable bonds is 11. The van der Waals surface area contributed by atoms with E-state index in [1.807, 2.05) is 36.4 Å². The number of hydrogen-bond acceptors (Lipinski definition) is 4. The van der Waals surface area contributed by atoms with Crippen molar-refractivity contribution in [3.8, 4) is 11.5 Å². The second-order valence-corrected chi connectivity index (χ2v) is 9.46. The summed E-state index contributed by atoms with van der Waals surface area (Å²) in [6, 6.07) is 14.0. The average molecular weight is 455 g/mol. The molecule has 176 valence electrons. The van der Waals surface area contributed by atoms with Crippen molar-refractivity contribution in [2.45, 2.75) is 63.6 Å². The van der Waals surface area contributed by atoms with Gasteiger partial charge in [-0.05, 0) is 80.2 Å². The summed E-state index contributed by atoms with van der Waals surface area (Å²) in [7, 11) is 0. The van der Waals surface area contributed by atoms with Crippen molar-refractivity contribution < 1.29 is 23.5 Å². The minimum Gasteiger partial charge on any atom is -0.457 e. The van der Waals surface area contributed by atoms with E-state index in [4.69, 9.17) is 15.2 Å². The molecule has 2 aromatic rings. The highest BCUT2D eigenvalue weighted by Gasteiger charge is 2.54. The van der Waals surface area contributed by atoms with Gasteiger partial charge in [0.25, 0.3) is 0 Å². The molecule has 6 nitrogen and oxygen atoms in total. The number of para-hydroxylation sites is 1. The molecule has 2 saturated carbocycles. The monoisotopic (exact) mass is 454 g/mol. The predicted octanol–water partition coefficient (Wildman–Crippen LogP) is 4.61. The topological polar surface area (TPSA) is 90.7 Å². The number of carbonyl (C=O) groups excluding carboxylic acids is 2. The van der Waals surface area contributed by atoms with E-state index in [-0.39, 0.29) is 29.3 Å². The minimum absolute atomic E-state index is 0.112. The molecule has 0 spiro atoms. The number of halogens is 1. The molecule has 2 aliphatic rings. The van der Waals surface area contributed by atoms with E-state index in [1.165, 1.54) is 12.1 Å². The Morgan fingerprint density at radius 3 is 2.52 bits per heavy atom. The number of amides is 2.